The molecular formula is C15H21NO5S. The Balaban J connectivity index is 2.24. The second kappa shape index (κ2) is 5.89. The third-order valence-electron chi connectivity index (χ3n) is 4.51. The highest BCUT2D eigenvalue weighted by Gasteiger charge is 2.66. The summed E-state index contributed by atoms with van der Waals surface area (Å²) in [5.41, 5.74) is -2.03. The van der Waals surface area contributed by atoms with Gasteiger partial charge in [-0.05, 0) is 18.4 Å². The fourth-order valence-electron chi connectivity index (χ4n) is 2.91. The molecule has 1 saturated carbocycles. The molecule has 0 radical (unpaired) electrons. The van der Waals surface area contributed by atoms with Gasteiger partial charge in [-0.1, -0.05) is 13.8 Å². The van der Waals surface area contributed by atoms with Crippen LogP contribution in [0.2, 0.25) is 0 Å². The number of methoxy groups -OCH3 is 1. The molecule has 2 N–H and O–H groups in total. The Bertz CT molecular complexity index is 582. The van der Waals surface area contributed by atoms with Crippen molar-refractivity contribution in [2.24, 2.45) is 5.41 Å². The number of hydrogen-bond donors (Lipinski definition) is 2. The maximum Gasteiger partial charge on any atom is 0.330 e. The van der Waals surface area contributed by atoms with Gasteiger partial charge in [-0.3, -0.25) is 4.79 Å². The highest BCUT2D eigenvalue weighted by Crippen LogP contribution is 2.51. The Morgan fingerprint density at radius 3 is 2.68 bits per heavy atom. The lowest BCUT2D eigenvalue weighted by Gasteiger charge is -2.58. The Morgan fingerprint density at radius 2 is 2.18 bits per heavy atom. The van der Waals surface area contributed by atoms with Gasteiger partial charge in [-0.15, -0.1) is 11.3 Å². The summed E-state index contributed by atoms with van der Waals surface area (Å²) in [5.74, 6) is -1.03. The first-order chi connectivity index (χ1) is 10.3. The molecule has 2 rings (SSSR count). The fraction of sp³-hybridized carbons (Fsp3) is 0.600. The van der Waals surface area contributed by atoms with Gasteiger partial charge in [0, 0.05) is 18.4 Å². The molecular weight excluding hydrogens is 306 g/mol. The first-order valence-electron chi connectivity index (χ1n) is 7.09. The van der Waals surface area contributed by atoms with Gasteiger partial charge in [0.2, 0.25) is 0 Å². The number of carboxylic acid groups (broad SMARTS) is 1. The van der Waals surface area contributed by atoms with Crippen molar-refractivity contribution in [1.29, 1.82) is 0 Å². The number of carbonyl (C=O) groups excluding carboxylic acids is 1. The molecule has 22 heavy (non-hydrogen) atoms. The summed E-state index contributed by atoms with van der Waals surface area (Å²) in [6.07, 6.45) is 0.0573. The van der Waals surface area contributed by atoms with Crippen molar-refractivity contribution in [2.75, 3.05) is 13.7 Å². The van der Waals surface area contributed by atoms with Crippen LogP contribution < -0.4 is 10.1 Å². The normalized spacial score (nSPS) is 26.1. The topological polar surface area (TPSA) is 84.9 Å². The van der Waals surface area contributed by atoms with Crippen LogP contribution >= 0.6 is 11.3 Å². The van der Waals surface area contributed by atoms with Crippen molar-refractivity contribution in [3.8, 4) is 5.75 Å². The molecule has 0 aliphatic heterocycles. The monoisotopic (exact) mass is 327 g/mol. The van der Waals surface area contributed by atoms with E-state index in [1.807, 2.05) is 6.92 Å². The molecule has 0 saturated heterocycles. The molecule has 1 aliphatic rings. The lowest BCUT2D eigenvalue weighted by Crippen LogP contribution is -2.76. The lowest BCUT2D eigenvalue weighted by molar-refractivity contribution is -0.190. The molecule has 0 aromatic carbocycles. The third kappa shape index (κ3) is 2.38. The van der Waals surface area contributed by atoms with Crippen molar-refractivity contribution < 1.29 is 24.2 Å². The summed E-state index contributed by atoms with van der Waals surface area (Å²) in [6, 6.07) is 1.68. The van der Waals surface area contributed by atoms with E-state index < -0.39 is 22.8 Å². The molecule has 122 valence electrons. The number of carbonyl (C=O) groups is 2. The molecule has 0 spiro atoms. The Kier molecular flexibility index (Phi) is 4.49. The van der Waals surface area contributed by atoms with Crippen LogP contribution in [-0.2, 0) is 9.53 Å². The molecule has 1 aliphatic carbocycles. The molecule has 1 aromatic heterocycles. The predicted molar refractivity (Wildman–Crippen MR) is 82.5 cm³/mol. The molecule has 1 aromatic rings. The van der Waals surface area contributed by atoms with Crippen LogP contribution in [0.1, 0.15) is 36.9 Å². The number of ether oxygens (including phenoxy) is 2. The van der Waals surface area contributed by atoms with E-state index in [1.54, 1.807) is 25.3 Å². The van der Waals surface area contributed by atoms with E-state index in [1.165, 1.54) is 18.4 Å². The maximum absolute atomic E-state index is 12.5. The highest BCUT2D eigenvalue weighted by atomic mass is 32.1. The van der Waals surface area contributed by atoms with Gasteiger partial charge in [-0.2, -0.15) is 0 Å². The van der Waals surface area contributed by atoms with Crippen LogP contribution in [0, 0.1) is 5.41 Å². The zero-order chi connectivity index (χ0) is 16.5. The number of carboxylic acids is 1. The van der Waals surface area contributed by atoms with Gasteiger partial charge in [0.25, 0.3) is 5.91 Å². The van der Waals surface area contributed by atoms with Gasteiger partial charge >= 0.3 is 5.97 Å². The average Bonchev–Trinajstić information content (AvgIpc) is 2.93. The number of thiophene rings is 1. The third-order valence-corrected chi connectivity index (χ3v) is 5.41. The standard InChI is InChI=1S/C15H21NO5S/c1-5-21-10-8-15(13(18)19,14(10,2)3)16-12(17)11-9(20-4)6-7-22-11/h6-7,10H,5,8H2,1-4H3,(H,16,17)(H,18,19)/t10-,15-/m0/s1. The highest BCUT2D eigenvalue weighted by molar-refractivity contribution is 7.12. The molecule has 6 nitrogen and oxygen atoms in total. The fourth-order valence-corrected chi connectivity index (χ4v) is 3.66. The zero-order valence-corrected chi connectivity index (χ0v) is 14.0. The van der Waals surface area contributed by atoms with Crippen molar-refractivity contribution in [3.63, 3.8) is 0 Å². The minimum Gasteiger partial charge on any atom is -0.495 e. The lowest BCUT2D eigenvalue weighted by atomic mass is 9.54. The minimum atomic E-state index is -1.33. The van der Waals surface area contributed by atoms with Crippen molar-refractivity contribution in [1.82, 2.24) is 5.32 Å². The minimum absolute atomic E-state index is 0.195. The Labute approximate surface area is 133 Å². The SMILES string of the molecule is CCO[C@H]1C[C@](NC(=O)c2sccc2OC)(C(=O)O)C1(C)C. The van der Waals surface area contributed by atoms with Crippen molar-refractivity contribution in [3.05, 3.63) is 16.3 Å². The van der Waals surface area contributed by atoms with Crippen molar-refractivity contribution in [2.45, 2.75) is 38.8 Å². The maximum atomic E-state index is 12.5. The average molecular weight is 327 g/mol. The number of amides is 1. The van der Waals surface area contributed by atoms with Crippen LogP contribution in [0.4, 0.5) is 0 Å². The molecule has 0 unspecified atom stereocenters. The van der Waals surface area contributed by atoms with Crippen LogP contribution in [0.5, 0.6) is 5.75 Å². The van der Waals surface area contributed by atoms with Gasteiger partial charge in [0.05, 0.1) is 13.2 Å². The number of aliphatic carboxylic acids is 1. The first-order valence-corrected chi connectivity index (χ1v) is 7.97. The molecule has 0 bridgehead atoms. The predicted octanol–water partition coefficient (Wildman–Crippen LogP) is 2.14. The summed E-state index contributed by atoms with van der Waals surface area (Å²) >= 11 is 1.22. The largest absolute Gasteiger partial charge is 0.495 e. The van der Waals surface area contributed by atoms with Crippen LogP contribution in [0.3, 0.4) is 0 Å². The van der Waals surface area contributed by atoms with Crippen LogP contribution in [0.25, 0.3) is 0 Å². The second-order valence-corrected chi connectivity index (χ2v) is 6.77. The summed E-state index contributed by atoms with van der Waals surface area (Å²) in [5, 5.41) is 14.1. The van der Waals surface area contributed by atoms with Gasteiger partial charge < -0.3 is 19.9 Å². The van der Waals surface area contributed by atoms with E-state index in [2.05, 4.69) is 5.32 Å². The van der Waals surface area contributed by atoms with E-state index >= 15 is 0 Å². The van der Waals surface area contributed by atoms with E-state index in [4.69, 9.17) is 9.47 Å². The van der Waals surface area contributed by atoms with Crippen molar-refractivity contribution >= 4 is 23.2 Å². The van der Waals surface area contributed by atoms with E-state index in [9.17, 15) is 14.7 Å². The first kappa shape index (κ1) is 16.8. The van der Waals surface area contributed by atoms with E-state index in [0.717, 1.165) is 0 Å². The Hall–Kier alpha value is -1.60. The Morgan fingerprint density at radius 1 is 1.50 bits per heavy atom. The van der Waals surface area contributed by atoms with Crippen LogP contribution in [0.15, 0.2) is 11.4 Å². The number of hydrogen-bond acceptors (Lipinski definition) is 5. The molecule has 1 amide bonds. The van der Waals surface area contributed by atoms with Gasteiger partial charge in [0.1, 0.15) is 16.2 Å². The summed E-state index contributed by atoms with van der Waals surface area (Å²) in [6.45, 7) is 5.98. The molecule has 1 fully saturated rings. The smallest absolute Gasteiger partial charge is 0.330 e. The van der Waals surface area contributed by atoms with E-state index in [0.29, 0.717) is 17.2 Å². The van der Waals surface area contributed by atoms with Crippen LogP contribution in [-0.4, -0.2) is 42.3 Å². The van der Waals surface area contributed by atoms with Gasteiger partial charge in [-0.25, -0.2) is 4.79 Å². The molecule has 7 heteroatoms. The summed E-state index contributed by atoms with van der Waals surface area (Å²) < 4.78 is 10.7. The number of nitrogens with one attached hydrogen (secondary N) is 1. The number of rotatable bonds is 6. The van der Waals surface area contributed by atoms with E-state index in [-0.39, 0.29) is 12.5 Å². The second-order valence-electron chi connectivity index (χ2n) is 5.85. The summed E-state index contributed by atoms with van der Waals surface area (Å²) in [4.78, 5) is 24.7. The molecule has 2 atom stereocenters. The van der Waals surface area contributed by atoms with Gasteiger partial charge in [0.15, 0.2) is 0 Å². The summed E-state index contributed by atoms with van der Waals surface area (Å²) in [7, 11) is 1.48. The zero-order valence-electron chi connectivity index (χ0n) is 13.1. The quantitative estimate of drug-likeness (QED) is 0.836. The molecule has 1 heterocycles.